The first-order chi connectivity index (χ1) is 6.79. The Morgan fingerprint density at radius 3 is 2.71 bits per heavy atom. The average molecular weight is 211 g/mol. The molecule has 0 bridgehead atoms. The molecule has 2 heteroatoms. The second-order valence-electron chi connectivity index (χ2n) is 3.86. The van der Waals surface area contributed by atoms with Gasteiger partial charge in [0, 0.05) is 6.04 Å². The third kappa shape index (κ3) is 3.10. The van der Waals surface area contributed by atoms with Crippen molar-refractivity contribution in [3.05, 3.63) is 22.4 Å². The zero-order valence-electron chi connectivity index (χ0n) is 9.42. The standard InChI is InChI=1S/C12H21NS/c1-4-6-10(3)12(13-5-2)11-7-8-14-9-11/h7-10,12-13H,4-6H2,1-3H3. The van der Waals surface area contributed by atoms with Crippen molar-refractivity contribution in [2.45, 2.75) is 39.7 Å². The van der Waals surface area contributed by atoms with Crippen LogP contribution in [0.3, 0.4) is 0 Å². The van der Waals surface area contributed by atoms with Crippen LogP contribution in [0.2, 0.25) is 0 Å². The summed E-state index contributed by atoms with van der Waals surface area (Å²) in [6, 6.07) is 2.79. The van der Waals surface area contributed by atoms with E-state index in [0.29, 0.717) is 6.04 Å². The van der Waals surface area contributed by atoms with Crippen molar-refractivity contribution >= 4 is 11.3 Å². The fourth-order valence-corrected chi connectivity index (χ4v) is 2.64. The molecule has 0 aliphatic carbocycles. The number of hydrogen-bond donors (Lipinski definition) is 1. The predicted molar refractivity (Wildman–Crippen MR) is 64.8 cm³/mol. The van der Waals surface area contributed by atoms with Crippen LogP contribution in [0.5, 0.6) is 0 Å². The first-order valence-electron chi connectivity index (χ1n) is 5.55. The highest BCUT2D eigenvalue weighted by molar-refractivity contribution is 7.07. The molecule has 0 amide bonds. The molecule has 1 aromatic heterocycles. The van der Waals surface area contributed by atoms with E-state index in [1.165, 1.54) is 18.4 Å². The lowest BCUT2D eigenvalue weighted by atomic mass is 9.92. The minimum Gasteiger partial charge on any atom is -0.310 e. The van der Waals surface area contributed by atoms with Crippen molar-refractivity contribution in [3.8, 4) is 0 Å². The van der Waals surface area contributed by atoms with E-state index >= 15 is 0 Å². The second-order valence-corrected chi connectivity index (χ2v) is 4.64. The fourth-order valence-electron chi connectivity index (χ4n) is 1.94. The first-order valence-corrected chi connectivity index (χ1v) is 6.49. The van der Waals surface area contributed by atoms with E-state index in [9.17, 15) is 0 Å². The lowest BCUT2D eigenvalue weighted by molar-refractivity contribution is 0.370. The van der Waals surface area contributed by atoms with Crippen LogP contribution in [0.25, 0.3) is 0 Å². The maximum Gasteiger partial charge on any atom is 0.0354 e. The summed E-state index contributed by atoms with van der Waals surface area (Å²) in [5, 5.41) is 8.00. The highest BCUT2D eigenvalue weighted by atomic mass is 32.1. The summed E-state index contributed by atoms with van der Waals surface area (Å²) in [5.41, 5.74) is 1.46. The number of thiophene rings is 1. The van der Waals surface area contributed by atoms with Gasteiger partial charge in [0.05, 0.1) is 0 Å². The Hall–Kier alpha value is -0.340. The molecule has 0 aliphatic rings. The first kappa shape index (κ1) is 11.7. The Morgan fingerprint density at radius 2 is 2.21 bits per heavy atom. The number of rotatable bonds is 6. The van der Waals surface area contributed by atoms with Crippen molar-refractivity contribution in [1.29, 1.82) is 0 Å². The van der Waals surface area contributed by atoms with Crippen molar-refractivity contribution in [3.63, 3.8) is 0 Å². The molecule has 1 N–H and O–H groups in total. The van der Waals surface area contributed by atoms with E-state index in [1.54, 1.807) is 11.3 Å². The van der Waals surface area contributed by atoms with Gasteiger partial charge in [0.15, 0.2) is 0 Å². The predicted octanol–water partition coefficient (Wildman–Crippen LogP) is 3.83. The molecule has 0 saturated heterocycles. The highest BCUT2D eigenvalue weighted by Crippen LogP contribution is 2.26. The molecule has 14 heavy (non-hydrogen) atoms. The van der Waals surface area contributed by atoms with Crippen molar-refractivity contribution in [1.82, 2.24) is 5.32 Å². The Balaban J connectivity index is 2.63. The van der Waals surface area contributed by atoms with Gasteiger partial charge in [0.25, 0.3) is 0 Å². The van der Waals surface area contributed by atoms with Crippen LogP contribution in [0.15, 0.2) is 16.8 Å². The highest BCUT2D eigenvalue weighted by Gasteiger charge is 2.17. The van der Waals surface area contributed by atoms with Gasteiger partial charge in [-0.25, -0.2) is 0 Å². The van der Waals surface area contributed by atoms with E-state index in [4.69, 9.17) is 0 Å². The van der Waals surface area contributed by atoms with E-state index in [0.717, 1.165) is 12.5 Å². The Labute approximate surface area is 91.5 Å². The van der Waals surface area contributed by atoms with Crippen LogP contribution in [0.4, 0.5) is 0 Å². The maximum atomic E-state index is 3.58. The second kappa shape index (κ2) is 6.20. The minimum absolute atomic E-state index is 0.547. The summed E-state index contributed by atoms with van der Waals surface area (Å²) in [5.74, 6) is 0.731. The molecule has 0 spiro atoms. The molecule has 2 atom stereocenters. The number of hydrogen-bond acceptors (Lipinski definition) is 2. The summed E-state index contributed by atoms with van der Waals surface area (Å²) >= 11 is 1.79. The Kier molecular flexibility index (Phi) is 5.20. The van der Waals surface area contributed by atoms with Crippen LogP contribution in [-0.4, -0.2) is 6.54 Å². The molecular formula is C12H21NS. The van der Waals surface area contributed by atoms with E-state index in [-0.39, 0.29) is 0 Å². The maximum absolute atomic E-state index is 3.58. The molecule has 0 saturated carbocycles. The molecule has 0 aromatic carbocycles. The van der Waals surface area contributed by atoms with E-state index in [1.807, 2.05) is 0 Å². The molecule has 1 heterocycles. The molecule has 1 nitrogen and oxygen atoms in total. The van der Waals surface area contributed by atoms with Crippen molar-refractivity contribution < 1.29 is 0 Å². The largest absolute Gasteiger partial charge is 0.310 e. The van der Waals surface area contributed by atoms with Gasteiger partial charge in [-0.1, -0.05) is 27.2 Å². The van der Waals surface area contributed by atoms with E-state index in [2.05, 4.69) is 42.9 Å². The molecule has 0 fully saturated rings. The quantitative estimate of drug-likeness (QED) is 0.754. The fraction of sp³-hybridized carbons (Fsp3) is 0.667. The van der Waals surface area contributed by atoms with Gasteiger partial charge in [-0.2, -0.15) is 11.3 Å². The van der Waals surface area contributed by atoms with Gasteiger partial charge in [0.2, 0.25) is 0 Å². The average Bonchev–Trinajstić information content (AvgIpc) is 2.67. The summed E-state index contributed by atoms with van der Waals surface area (Å²) in [6.45, 7) is 7.83. The topological polar surface area (TPSA) is 12.0 Å². The summed E-state index contributed by atoms with van der Waals surface area (Å²) in [6.07, 6.45) is 2.57. The molecular weight excluding hydrogens is 190 g/mol. The zero-order valence-corrected chi connectivity index (χ0v) is 10.2. The molecule has 1 aromatic rings. The van der Waals surface area contributed by atoms with Gasteiger partial charge in [0.1, 0.15) is 0 Å². The third-order valence-electron chi connectivity index (χ3n) is 2.64. The lowest BCUT2D eigenvalue weighted by Crippen LogP contribution is -2.26. The SMILES string of the molecule is CCCC(C)C(NCC)c1ccsc1. The molecule has 1 rings (SSSR count). The Bertz CT molecular complexity index is 230. The smallest absolute Gasteiger partial charge is 0.0354 e. The monoisotopic (exact) mass is 211 g/mol. The lowest BCUT2D eigenvalue weighted by Gasteiger charge is -2.23. The van der Waals surface area contributed by atoms with Crippen LogP contribution in [-0.2, 0) is 0 Å². The van der Waals surface area contributed by atoms with Crippen LogP contribution in [0.1, 0.15) is 45.2 Å². The summed E-state index contributed by atoms with van der Waals surface area (Å²) < 4.78 is 0. The van der Waals surface area contributed by atoms with Gasteiger partial charge in [-0.15, -0.1) is 0 Å². The molecule has 2 unspecified atom stereocenters. The van der Waals surface area contributed by atoms with Gasteiger partial charge in [-0.3, -0.25) is 0 Å². The van der Waals surface area contributed by atoms with Gasteiger partial charge in [-0.05, 0) is 41.3 Å². The van der Waals surface area contributed by atoms with Crippen LogP contribution < -0.4 is 5.32 Å². The third-order valence-corrected chi connectivity index (χ3v) is 3.34. The van der Waals surface area contributed by atoms with Crippen LogP contribution >= 0.6 is 11.3 Å². The van der Waals surface area contributed by atoms with Gasteiger partial charge >= 0.3 is 0 Å². The van der Waals surface area contributed by atoms with Gasteiger partial charge < -0.3 is 5.32 Å². The number of nitrogens with one attached hydrogen (secondary N) is 1. The minimum atomic E-state index is 0.547. The molecule has 80 valence electrons. The summed E-state index contributed by atoms with van der Waals surface area (Å²) in [7, 11) is 0. The van der Waals surface area contributed by atoms with E-state index < -0.39 is 0 Å². The van der Waals surface area contributed by atoms with Crippen molar-refractivity contribution in [2.24, 2.45) is 5.92 Å². The molecule has 0 aliphatic heterocycles. The zero-order chi connectivity index (χ0) is 10.4. The Morgan fingerprint density at radius 1 is 1.43 bits per heavy atom. The van der Waals surface area contributed by atoms with Crippen LogP contribution in [0, 0.1) is 5.92 Å². The van der Waals surface area contributed by atoms with Crippen molar-refractivity contribution in [2.75, 3.05) is 6.54 Å². The molecule has 0 radical (unpaired) electrons. The normalized spacial score (nSPS) is 15.4. The summed E-state index contributed by atoms with van der Waals surface area (Å²) in [4.78, 5) is 0.